The molecule has 2 saturated heterocycles. The van der Waals surface area contributed by atoms with Crippen LogP contribution >= 0.6 is 0 Å². The van der Waals surface area contributed by atoms with Crippen molar-refractivity contribution in [2.45, 2.75) is 25.3 Å². The first-order valence-corrected chi connectivity index (χ1v) is 8.41. The first-order chi connectivity index (χ1) is 10.9. The number of pyridine rings is 1. The van der Waals surface area contributed by atoms with Crippen molar-refractivity contribution in [3.05, 3.63) is 30.5 Å². The van der Waals surface area contributed by atoms with Crippen LogP contribution in [0, 0.1) is 0 Å². The Hall–Kier alpha value is -1.81. The first kappa shape index (κ1) is 13.8. The summed E-state index contributed by atoms with van der Waals surface area (Å²) in [6.07, 6.45) is 5.95. The van der Waals surface area contributed by atoms with Crippen molar-refractivity contribution >= 4 is 22.3 Å². The molecule has 2 fully saturated rings. The van der Waals surface area contributed by atoms with Gasteiger partial charge >= 0.3 is 0 Å². The molecule has 4 rings (SSSR count). The summed E-state index contributed by atoms with van der Waals surface area (Å²) in [7, 11) is 1.98. The highest BCUT2D eigenvalue weighted by molar-refractivity contribution is 6.00. The molecule has 0 saturated carbocycles. The van der Waals surface area contributed by atoms with E-state index in [9.17, 15) is 0 Å². The first-order valence-electron chi connectivity index (χ1n) is 8.41. The van der Waals surface area contributed by atoms with E-state index in [1.807, 2.05) is 13.2 Å². The van der Waals surface area contributed by atoms with E-state index >= 15 is 0 Å². The Morgan fingerprint density at radius 1 is 1.09 bits per heavy atom. The second-order valence-corrected chi connectivity index (χ2v) is 6.42. The lowest BCUT2D eigenvalue weighted by atomic mass is 10.1. The van der Waals surface area contributed by atoms with E-state index in [0.717, 1.165) is 18.9 Å². The zero-order valence-corrected chi connectivity index (χ0v) is 13.3. The van der Waals surface area contributed by atoms with E-state index in [4.69, 9.17) is 4.98 Å². The number of nitrogens with zero attached hydrogens (tertiary/aromatic N) is 3. The zero-order valence-electron chi connectivity index (χ0n) is 13.3. The molecule has 116 valence electrons. The molecule has 0 spiro atoms. The van der Waals surface area contributed by atoms with Gasteiger partial charge in [0.2, 0.25) is 0 Å². The maximum absolute atomic E-state index is 4.70. The fourth-order valence-electron chi connectivity index (χ4n) is 4.00. The molecule has 0 radical (unpaired) electrons. The SMILES string of the molecule is CNc1cccc2c(N3CCC(N4CCCC4)C3)nccc12. The fraction of sp³-hybridized carbons (Fsp3) is 0.500. The highest BCUT2D eigenvalue weighted by Crippen LogP contribution is 2.32. The third kappa shape index (κ3) is 2.31. The monoisotopic (exact) mass is 296 g/mol. The summed E-state index contributed by atoms with van der Waals surface area (Å²) in [5.74, 6) is 1.15. The second-order valence-electron chi connectivity index (χ2n) is 6.42. The number of nitrogens with one attached hydrogen (secondary N) is 1. The molecule has 1 atom stereocenters. The number of hydrogen-bond acceptors (Lipinski definition) is 4. The average molecular weight is 296 g/mol. The maximum Gasteiger partial charge on any atom is 0.136 e. The van der Waals surface area contributed by atoms with Crippen LogP contribution in [0.5, 0.6) is 0 Å². The van der Waals surface area contributed by atoms with Gasteiger partial charge in [0.25, 0.3) is 0 Å². The van der Waals surface area contributed by atoms with Crippen molar-refractivity contribution in [2.75, 3.05) is 43.4 Å². The molecule has 2 aromatic rings. The van der Waals surface area contributed by atoms with Crippen LogP contribution in [0.25, 0.3) is 10.8 Å². The molecule has 1 unspecified atom stereocenters. The van der Waals surface area contributed by atoms with Gasteiger partial charge in [-0.25, -0.2) is 4.98 Å². The van der Waals surface area contributed by atoms with Crippen LogP contribution in [-0.2, 0) is 0 Å². The van der Waals surface area contributed by atoms with Crippen molar-refractivity contribution in [2.24, 2.45) is 0 Å². The lowest BCUT2D eigenvalue weighted by Crippen LogP contribution is -2.35. The third-order valence-electron chi connectivity index (χ3n) is 5.17. The molecule has 2 aliphatic heterocycles. The van der Waals surface area contributed by atoms with Gasteiger partial charge in [-0.3, -0.25) is 4.90 Å². The minimum Gasteiger partial charge on any atom is -0.388 e. The van der Waals surface area contributed by atoms with Crippen LogP contribution < -0.4 is 10.2 Å². The Kier molecular flexibility index (Phi) is 3.62. The van der Waals surface area contributed by atoms with Gasteiger partial charge in [0.05, 0.1) is 0 Å². The van der Waals surface area contributed by atoms with Gasteiger partial charge in [-0.05, 0) is 44.5 Å². The smallest absolute Gasteiger partial charge is 0.136 e. The van der Waals surface area contributed by atoms with Gasteiger partial charge in [-0.15, -0.1) is 0 Å². The summed E-state index contributed by atoms with van der Waals surface area (Å²) in [6.45, 7) is 4.81. The number of fused-ring (bicyclic) bond motifs is 1. The molecule has 1 aromatic carbocycles. The lowest BCUT2D eigenvalue weighted by molar-refractivity contribution is 0.260. The van der Waals surface area contributed by atoms with Crippen molar-refractivity contribution < 1.29 is 0 Å². The van der Waals surface area contributed by atoms with Gasteiger partial charge in [0.15, 0.2) is 0 Å². The molecule has 4 heteroatoms. The van der Waals surface area contributed by atoms with E-state index in [2.05, 4.69) is 39.4 Å². The van der Waals surface area contributed by atoms with Crippen LogP contribution in [0.2, 0.25) is 0 Å². The molecule has 1 N–H and O–H groups in total. The molecule has 0 aliphatic carbocycles. The minimum absolute atomic E-state index is 0.715. The van der Waals surface area contributed by atoms with Crippen molar-refractivity contribution in [1.29, 1.82) is 0 Å². The van der Waals surface area contributed by atoms with Gasteiger partial charge < -0.3 is 10.2 Å². The molecule has 3 heterocycles. The van der Waals surface area contributed by atoms with Gasteiger partial charge in [-0.2, -0.15) is 0 Å². The van der Waals surface area contributed by atoms with Crippen molar-refractivity contribution in [1.82, 2.24) is 9.88 Å². The van der Waals surface area contributed by atoms with Crippen LogP contribution in [0.15, 0.2) is 30.5 Å². The van der Waals surface area contributed by atoms with Crippen molar-refractivity contribution in [3.63, 3.8) is 0 Å². The van der Waals surface area contributed by atoms with E-state index in [0.29, 0.717) is 6.04 Å². The van der Waals surface area contributed by atoms with Crippen molar-refractivity contribution in [3.8, 4) is 0 Å². The van der Waals surface area contributed by atoms with E-state index in [-0.39, 0.29) is 0 Å². The number of benzene rings is 1. The maximum atomic E-state index is 4.70. The second kappa shape index (κ2) is 5.76. The predicted molar refractivity (Wildman–Crippen MR) is 92.7 cm³/mol. The molecule has 2 aliphatic rings. The van der Waals surface area contributed by atoms with Gasteiger partial charge in [0, 0.05) is 48.8 Å². The topological polar surface area (TPSA) is 31.4 Å². The summed E-state index contributed by atoms with van der Waals surface area (Å²) in [5, 5.41) is 5.81. The van der Waals surface area contributed by atoms with E-state index in [1.54, 1.807) is 0 Å². The average Bonchev–Trinajstić information content (AvgIpc) is 3.24. The number of rotatable bonds is 3. The number of aromatic nitrogens is 1. The Balaban J connectivity index is 1.64. The highest BCUT2D eigenvalue weighted by Gasteiger charge is 2.30. The summed E-state index contributed by atoms with van der Waals surface area (Å²) in [6, 6.07) is 9.27. The van der Waals surface area contributed by atoms with Crippen LogP contribution in [0.3, 0.4) is 0 Å². The molecular weight excluding hydrogens is 272 g/mol. The molecule has 0 bridgehead atoms. The highest BCUT2D eigenvalue weighted by atomic mass is 15.3. The molecule has 4 nitrogen and oxygen atoms in total. The Morgan fingerprint density at radius 3 is 2.77 bits per heavy atom. The minimum atomic E-state index is 0.715. The molecule has 1 aromatic heterocycles. The van der Waals surface area contributed by atoms with Crippen LogP contribution in [0.4, 0.5) is 11.5 Å². The van der Waals surface area contributed by atoms with Gasteiger partial charge in [0.1, 0.15) is 5.82 Å². The number of likely N-dealkylation sites (tertiary alicyclic amines) is 1. The van der Waals surface area contributed by atoms with Crippen LogP contribution in [0.1, 0.15) is 19.3 Å². The van der Waals surface area contributed by atoms with E-state index in [1.165, 1.54) is 48.8 Å². The lowest BCUT2D eigenvalue weighted by Gasteiger charge is -2.24. The normalized spacial score (nSPS) is 22.6. The number of anilines is 2. The summed E-state index contributed by atoms with van der Waals surface area (Å²) >= 11 is 0. The predicted octanol–water partition coefficient (Wildman–Crippen LogP) is 2.95. The van der Waals surface area contributed by atoms with Gasteiger partial charge in [-0.1, -0.05) is 12.1 Å². The summed E-state index contributed by atoms with van der Waals surface area (Å²) in [5.41, 5.74) is 1.18. The molecule has 22 heavy (non-hydrogen) atoms. The standard InChI is InChI=1S/C18H24N4/c1-19-17-6-4-5-16-15(17)7-9-20-18(16)22-12-8-14(13-22)21-10-2-3-11-21/h4-7,9,14,19H,2-3,8,10-13H2,1H3. The largest absolute Gasteiger partial charge is 0.388 e. The Labute approximate surface area is 132 Å². The Morgan fingerprint density at radius 2 is 1.95 bits per heavy atom. The summed E-state index contributed by atoms with van der Waals surface area (Å²) < 4.78 is 0. The summed E-state index contributed by atoms with van der Waals surface area (Å²) in [4.78, 5) is 9.85. The van der Waals surface area contributed by atoms with Crippen LogP contribution in [-0.4, -0.2) is 49.2 Å². The third-order valence-corrected chi connectivity index (χ3v) is 5.17. The molecular formula is C18H24N4. The fourth-order valence-corrected chi connectivity index (χ4v) is 4.00. The number of hydrogen-bond donors (Lipinski definition) is 1. The zero-order chi connectivity index (χ0) is 14.9. The van der Waals surface area contributed by atoms with E-state index < -0.39 is 0 Å². The Bertz CT molecular complexity index is 663. The quantitative estimate of drug-likeness (QED) is 0.943. The molecule has 0 amide bonds.